The zero-order valence-corrected chi connectivity index (χ0v) is 12.2. The number of thiophene rings is 1. The van der Waals surface area contributed by atoms with E-state index in [0.29, 0.717) is 0 Å². The minimum absolute atomic E-state index is 0.217. The maximum Gasteiger partial charge on any atom is 0.576 e. The minimum atomic E-state index is -1.43. The Balaban J connectivity index is 1.69. The van der Waals surface area contributed by atoms with Gasteiger partial charge in [-0.1, -0.05) is 18.2 Å². The first-order valence-corrected chi connectivity index (χ1v) is 7.49. The SMILES string of the molecule is CN1CC(=O)C2(C1)OB(c1cc3ccccc3s1)OC2=O. The van der Waals surface area contributed by atoms with Gasteiger partial charge in [0.05, 0.1) is 11.3 Å². The molecule has 2 saturated heterocycles. The van der Waals surface area contributed by atoms with Crippen LogP contribution < -0.4 is 4.78 Å². The number of fused-ring (bicyclic) bond motifs is 1. The smallest absolute Gasteiger partial charge is 0.503 e. The van der Waals surface area contributed by atoms with Gasteiger partial charge in [-0.05, 0) is 24.6 Å². The Morgan fingerprint density at radius 3 is 2.86 bits per heavy atom. The molecule has 21 heavy (non-hydrogen) atoms. The van der Waals surface area contributed by atoms with E-state index in [1.165, 1.54) is 11.3 Å². The first-order valence-electron chi connectivity index (χ1n) is 6.68. The zero-order valence-electron chi connectivity index (χ0n) is 11.4. The Morgan fingerprint density at radius 2 is 2.14 bits per heavy atom. The summed E-state index contributed by atoms with van der Waals surface area (Å²) in [5.74, 6) is -0.794. The monoisotopic (exact) mass is 301 g/mol. The summed E-state index contributed by atoms with van der Waals surface area (Å²) < 4.78 is 13.0. The van der Waals surface area contributed by atoms with Crippen LogP contribution in [0.3, 0.4) is 0 Å². The molecule has 0 saturated carbocycles. The minimum Gasteiger partial charge on any atom is -0.503 e. The van der Waals surface area contributed by atoms with E-state index in [2.05, 4.69) is 0 Å². The van der Waals surface area contributed by atoms with Gasteiger partial charge in [0.25, 0.3) is 0 Å². The first-order chi connectivity index (χ1) is 10.1. The van der Waals surface area contributed by atoms with E-state index < -0.39 is 18.7 Å². The maximum absolute atomic E-state index is 12.2. The molecule has 1 aromatic carbocycles. The third-order valence-electron chi connectivity index (χ3n) is 3.89. The van der Waals surface area contributed by atoms with Crippen LogP contribution in [0.4, 0.5) is 0 Å². The molecule has 2 aliphatic rings. The van der Waals surface area contributed by atoms with E-state index in [9.17, 15) is 9.59 Å². The molecular weight excluding hydrogens is 289 g/mol. The molecule has 3 heterocycles. The Hall–Kier alpha value is -1.70. The molecule has 5 nitrogen and oxygen atoms in total. The van der Waals surface area contributed by atoms with Crippen LogP contribution in [-0.4, -0.2) is 49.5 Å². The second-order valence-corrected chi connectivity index (χ2v) is 6.58. The van der Waals surface area contributed by atoms with E-state index in [1.807, 2.05) is 30.3 Å². The fourth-order valence-electron chi connectivity index (χ4n) is 2.86. The van der Waals surface area contributed by atoms with Gasteiger partial charge < -0.3 is 9.31 Å². The molecule has 7 heteroatoms. The number of benzene rings is 1. The molecule has 0 N–H and O–H groups in total. The quantitative estimate of drug-likeness (QED) is 0.564. The summed E-state index contributed by atoms with van der Waals surface area (Å²) in [6.45, 7) is 0.473. The van der Waals surface area contributed by atoms with Gasteiger partial charge in [-0.3, -0.25) is 14.5 Å². The molecule has 2 aliphatic heterocycles. The summed E-state index contributed by atoms with van der Waals surface area (Å²) in [7, 11) is 1.00. The number of hydrogen-bond donors (Lipinski definition) is 0. The number of ketones is 1. The van der Waals surface area contributed by atoms with Crippen molar-refractivity contribution in [2.75, 3.05) is 20.1 Å². The van der Waals surface area contributed by atoms with Crippen LogP contribution in [-0.2, 0) is 18.9 Å². The molecule has 106 valence electrons. The number of carbonyl (C=O) groups is 2. The highest BCUT2D eigenvalue weighted by molar-refractivity contribution is 7.28. The Morgan fingerprint density at radius 1 is 1.33 bits per heavy atom. The highest BCUT2D eigenvalue weighted by Gasteiger charge is 2.61. The predicted octanol–water partition coefficient (Wildman–Crippen LogP) is 0.423. The summed E-state index contributed by atoms with van der Waals surface area (Å²) in [5.41, 5.74) is -1.43. The van der Waals surface area contributed by atoms with Crippen molar-refractivity contribution in [3.8, 4) is 0 Å². The number of likely N-dealkylation sites (N-methyl/N-ethyl adjacent to an activating group) is 1. The molecule has 1 unspecified atom stereocenters. The average molecular weight is 301 g/mol. The van der Waals surface area contributed by atoms with E-state index in [4.69, 9.17) is 9.31 Å². The van der Waals surface area contributed by atoms with Crippen molar-refractivity contribution in [1.29, 1.82) is 0 Å². The van der Waals surface area contributed by atoms with Gasteiger partial charge in [0, 0.05) is 11.2 Å². The highest BCUT2D eigenvalue weighted by atomic mass is 32.1. The molecular formula is C14H12BNO4S. The van der Waals surface area contributed by atoms with Crippen molar-refractivity contribution in [2.45, 2.75) is 5.60 Å². The van der Waals surface area contributed by atoms with Crippen LogP contribution in [0, 0.1) is 0 Å². The number of likely N-dealkylation sites (tertiary alicyclic amines) is 1. The number of nitrogens with zero attached hydrogens (tertiary/aromatic N) is 1. The van der Waals surface area contributed by atoms with Crippen molar-refractivity contribution in [2.24, 2.45) is 0 Å². The van der Waals surface area contributed by atoms with Crippen LogP contribution in [0.15, 0.2) is 30.3 Å². The lowest BCUT2D eigenvalue weighted by Gasteiger charge is -2.16. The van der Waals surface area contributed by atoms with E-state index in [-0.39, 0.29) is 18.9 Å². The van der Waals surface area contributed by atoms with Gasteiger partial charge >= 0.3 is 13.1 Å². The Labute approximate surface area is 125 Å². The lowest BCUT2D eigenvalue weighted by molar-refractivity contribution is -0.148. The van der Waals surface area contributed by atoms with Crippen LogP contribution in [0.5, 0.6) is 0 Å². The van der Waals surface area contributed by atoms with Crippen LogP contribution in [0.2, 0.25) is 0 Å². The number of carbonyl (C=O) groups excluding carboxylic acids is 2. The standard InChI is InChI=1S/C14H12BNO4S/c1-16-7-11(17)14(8-16)13(18)19-15(20-14)12-6-9-4-2-3-5-10(9)21-12/h2-6H,7-8H2,1H3. The van der Waals surface area contributed by atoms with Crippen molar-refractivity contribution in [1.82, 2.24) is 4.90 Å². The topological polar surface area (TPSA) is 55.8 Å². The highest BCUT2D eigenvalue weighted by Crippen LogP contribution is 2.31. The molecule has 0 radical (unpaired) electrons. The van der Waals surface area contributed by atoms with Gasteiger partial charge in [-0.25, -0.2) is 0 Å². The summed E-state index contributed by atoms with van der Waals surface area (Å²) in [4.78, 5) is 26.0. The fourth-order valence-corrected chi connectivity index (χ4v) is 3.88. The van der Waals surface area contributed by atoms with Crippen LogP contribution in [0.25, 0.3) is 10.1 Å². The lowest BCUT2D eigenvalue weighted by atomic mass is 9.87. The third-order valence-corrected chi connectivity index (χ3v) is 5.02. The fraction of sp³-hybridized carbons (Fsp3) is 0.286. The largest absolute Gasteiger partial charge is 0.576 e. The van der Waals surface area contributed by atoms with Crippen LogP contribution >= 0.6 is 11.3 Å². The number of Topliss-reactive ketones (excluding diaryl/α,β-unsaturated/α-hetero) is 1. The van der Waals surface area contributed by atoms with Gasteiger partial charge in [0.2, 0.25) is 5.60 Å². The van der Waals surface area contributed by atoms with Gasteiger partial charge in [-0.2, -0.15) is 0 Å². The molecule has 0 aliphatic carbocycles. The summed E-state index contributed by atoms with van der Waals surface area (Å²) in [5, 5.41) is 1.08. The van der Waals surface area contributed by atoms with E-state index in [0.717, 1.165) is 14.9 Å². The Kier molecular flexibility index (Phi) is 2.72. The summed E-state index contributed by atoms with van der Waals surface area (Å²) >= 11 is 1.51. The maximum atomic E-state index is 12.2. The molecule has 2 aromatic rings. The van der Waals surface area contributed by atoms with Gasteiger partial charge in [0.1, 0.15) is 0 Å². The molecule has 1 atom stereocenters. The summed E-state index contributed by atoms with van der Waals surface area (Å²) in [6.07, 6.45) is 0. The van der Waals surface area contributed by atoms with Crippen molar-refractivity contribution in [3.63, 3.8) is 0 Å². The molecule has 1 spiro atoms. The van der Waals surface area contributed by atoms with E-state index in [1.54, 1.807) is 11.9 Å². The van der Waals surface area contributed by atoms with Gasteiger partial charge in [-0.15, -0.1) is 11.3 Å². The second kappa shape index (κ2) is 4.40. The predicted molar refractivity (Wildman–Crippen MR) is 79.6 cm³/mol. The molecule has 0 amide bonds. The molecule has 2 fully saturated rings. The zero-order chi connectivity index (χ0) is 14.6. The molecule has 4 rings (SSSR count). The van der Waals surface area contributed by atoms with Crippen LogP contribution in [0.1, 0.15) is 0 Å². The molecule has 1 aromatic heterocycles. The van der Waals surface area contributed by atoms with Crippen molar-refractivity contribution >= 4 is 45.1 Å². The Bertz CT molecular complexity index is 727. The lowest BCUT2D eigenvalue weighted by Crippen LogP contribution is -2.46. The number of hydrogen-bond acceptors (Lipinski definition) is 6. The third kappa shape index (κ3) is 1.85. The first kappa shape index (κ1) is 13.0. The normalized spacial score (nSPS) is 26.2. The number of rotatable bonds is 1. The van der Waals surface area contributed by atoms with Crippen molar-refractivity contribution in [3.05, 3.63) is 30.3 Å². The van der Waals surface area contributed by atoms with Gasteiger partial charge in [0.15, 0.2) is 5.78 Å². The van der Waals surface area contributed by atoms with E-state index >= 15 is 0 Å². The summed E-state index contributed by atoms with van der Waals surface area (Å²) in [6, 6.07) is 9.86. The second-order valence-electron chi connectivity index (χ2n) is 5.46. The molecule has 0 bridgehead atoms. The average Bonchev–Trinajstić information content (AvgIpc) is 3.08. The van der Waals surface area contributed by atoms with Crippen molar-refractivity contribution < 1.29 is 18.9 Å².